The van der Waals surface area contributed by atoms with E-state index in [1.165, 1.54) is 0 Å². The molecule has 0 saturated carbocycles. The van der Waals surface area contributed by atoms with Crippen LogP contribution < -0.4 is 0 Å². The Morgan fingerprint density at radius 2 is 1.88 bits per heavy atom. The van der Waals surface area contributed by atoms with Crippen molar-refractivity contribution < 1.29 is 13.9 Å². The Morgan fingerprint density at radius 3 is 2.41 bits per heavy atom. The third kappa shape index (κ3) is 2.81. The molecule has 0 aliphatic rings. The summed E-state index contributed by atoms with van der Waals surface area (Å²) in [7, 11) is 0. The van der Waals surface area contributed by atoms with Crippen LogP contribution in [0, 0.1) is 11.6 Å². The predicted molar refractivity (Wildman–Crippen MR) is 60.6 cm³/mol. The molecule has 88 valence electrons. The van der Waals surface area contributed by atoms with Gasteiger partial charge in [0.25, 0.3) is 0 Å². The van der Waals surface area contributed by atoms with Crippen molar-refractivity contribution in [1.29, 1.82) is 0 Å². The molecule has 2 rings (SSSR count). The van der Waals surface area contributed by atoms with Crippen LogP contribution in [0.4, 0.5) is 8.78 Å². The lowest BCUT2D eigenvalue weighted by Gasteiger charge is -2.05. The monoisotopic (exact) mass is 253 g/mol. The zero-order valence-electron chi connectivity index (χ0n) is 8.73. The lowest BCUT2D eigenvalue weighted by atomic mass is 10.2. The summed E-state index contributed by atoms with van der Waals surface area (Å²) in [5.74, 6) is -1.38. The number of benzene rings is 1. The predicted octanol–water partition coefficient (Wildman–Crippen LogP) is 3.00. The number of hydrogen-bond acceptors (Lipinski definition) is 3. The van der Waals surface area contributed by atoms with E-state index in [1.807, 2.05) is 0 Å². The lowest BCUT2D eigenvalue weighted by molar-refractivity contribution is 0.280. The van der Waals surface area contributed by atoms with Crippen LogP contribution in [0.15, 0.2) is 46.5 Å². The molecule has 0 fully saturated rings. The molecular weight excluding hydrogens is 244 g/mol. The second-order valence-corrected chi connectivity index (χ2v) is 4.35. The fourth-order valence-electron chi connectivity index (χ4n) is 1.31. The summed E-state index contributed by atoms with van der Waals surface area (Å²) in [6, 6.07) is 7.38. The van der Waals surface area contributed by atoms with Gasteiger partial charge in [0.15, 0.2) is 0 Å². The topological polar surface area (TPSA) is 33.1 Å². The molecule has 0 bridgehead atoms. The highest BCUT2D eigenvalue weighted by Gasteiger charge is 2.12. The van der Waals surface area contributed by atoms with Gasteiger partial charge in [0.2, 0.25) is 0 Å². The first-order valence-electron chi connectivity index (χ1n) is 4.88. The summed E-state index contributed by atoms with van der Waals surface area (Å²) in [5.41, 5.74) is 0.213. The summed E-state index contributed by atoms with van der Waals surface area (Å²) >= 11 is 0.917. The molecule has 5 heteroatoms. The molecule has 0 atom stereocenters. The number of halogens is 2. The average molecular weight is 253 g/mol. The molecule has 0 unspecified atom stereocenters. The Morgan fingerprint density at radius 1 is 1.18 bits per heavy atom. The molecule has 17 heavy (non-hydrogen) atoms. The second kappa shape index (κ2) is 5.25. The van der Waals surface area contributed by atoms with E-state index in [2.05, 4.69) is 4.98 Å². The van der Waals surface area contributed by atoms with Crippen molar-refractivity contribution in [3.63, 3.8) is 0 Å². The molecule has 2 nitrogen and oxygen atoms in total. The summed E-state index contributed by atoms with van der Waals surface area (Å²) in [5, 5.41) is 9.33. The van der Waals surface area contributed by atoms with E-state index >= 15 is 0 Å². The minimum atomic E-state index is -0.690. The van der Waals surface area contributed by atoms with Crippen LogP contribution in [0.5, 0.6) is 0 Å². The maximum atomic E-state index is 13.6. The number of nitrogens with zero attached hydrogens (tertiary/aromatic N) is 1. The Balaban J connectivity index is 2.33. The molecule has 0 radical (unpaired) electrons. The standard InChI is InChI=1S/C12H9F2NOS/c13-9-5-8(7-16)6-10(14)12(9)17-11-3-1-2-4-15-11/h1-6,16H,7H2. The molecule has 0 aliphatic heterocycles. The zero-order chi connectivity index (χ0) is 12.3. The van der Waals surface area contributed by atoms with Gasteiger partial charge in [0, 0.05) is 6.20 Å². The molecule has 2 aromatic rings. The number of aliphatic hydroxyl groups excluding tert-OH is 1. The Labute approximate surface area is 101 Å². The normalized spacial score (nSPS) is 10.5. The molecule has 0 saturated heterocycles. The molecular formula is C12H9F2NOS. The Kier molecular flexibility index (Phi) is 3.71. The van der Waals surface area contributed by atoms with Crippen molar-refractivity contribution >= 4 is 11.8 Å². The number of aromatic nitrogens is 1. The van der Waals surface area contributed by atoms with Crippen molar-refractivity contribution in [2.24, 2.45) is 0 Å². The summed E-state index contributed by atoms with van der Waals surface area (Å²) < 4.78 is 27.2. The number of pyridine rings is 1. The van der Waals surface area contributed by atoms with Crippen LogP contribution in [-0.2, 0) is 6.61 Å². The maximum absolute atomic E-state index is 13.6. The van der Waals surface area contributed by atoms with Gasteiger partial charge in [0.05, 0.1) is 11.5 Å². The van der Waals surface area contributed by atoms with Crippen molar-refractivity contribution in [3.05, 3.63) is 53.7 Å². The quantitative estimate of drug-likeness (QED) is 0.912. The molecule has 1 heterocycles. The van der Waals surface area contributed by atoms with Gasteiger partial charge in [-0.25, -0.2) is 13.8 Å². The first-order chi connectivity index (χ1) is 8.20. The van der Waals surface area contributed by atoms with Gasteiger partial charge >= 0.3 is 0 Å². The highest BCUT2D eigenvalue weighted by Crippen LogP contribution is 2.31. The van der Waals surface area contributed by atoms with E-state index in [9.17, 15) is 8.78 Å². The second-order valence-electron chi connectivity index (χ2n) is 3.32. The SMILES string of the molecule is OCc1cc(F)c(Sc2ccccn2)c(F)c1. The first kappa shape index (κ1) is 12.0. The Hall–Kier alpha value is -1.46. The molecule has 0 amide bonds. The minimum Gasteiger partial charge on any atom is -0.392 e. The first-order valence-corrected chi connectivity index (χ1v) is 5.70. The van der Waals surface area contributed by atoms with E-state index in [-0.39, 0.29) is 17.1 Å². The summed E-state index contributed by atoms with van der Waals surface area (Å²) in [4.78, 5) is 3.87. The van der Waals surface area contributed by atoms with Gasteiger partial charge in [-0.05, 0) is 29.8 Å². The third-order valence-electron chi connectivity index (χ3n) is 2.09. The molecule has 0 spiro atoms. The van der Waals surface area contributed by atoms with Gasteiger partial charge in [0.1, 0.15) is 16.7 Å². The molecule has 1 N–H and O–H groups in total. The van der Waals surface area contributed by atoms with Crippen molar-refractivity contribution in [2.45, 2.75) is 16.5 Å². The third-order valence-corrected chi connectivity index (χ3v) is 3.13. The summed E-state index contributed by atoms with van der Waals surface area (Å²) in [6.07, 6.45) is 1.56. The molecule has 1 aromatic heterocycles. The van der Waals surface area contributed by atoms with E-state index < -0.39 is 11.6 Å². The lowest BCUT2D eigenvalue weighted by Crippen LogP contribution is -1.93. The van der Waals surface area contributed by atoms with E-state index in [0.29, 0.717) is 5.03 Å². The van der Waals surface area contributed by atoms with Crippen LogP contribution in [0.3, 0.4) is 0 Å². The van der Waals surface area contributed by atoms with Crippen molar-refractivity contribution in [2.75, 3.05) is 0 Å². The Bertz CT molecular complexity index is 496. The van der Waals surface area contributed by atoms with Gasteiger partial charge < -0.3 is 5.11 Å². The fraction of sp³-hybridized carbons (Fsp3) is 0.0833. The summed E-state index contributed by atoms with van der Waals surface area (Å²) in [6.45, 7) is -0.387. The van der Waals surface area contributed by atoms with Crippen molar-refractivity contribution in [3.8, 4) is 0 Å². The fourth-order valence-corrected chi connectivity index (χ4v) is 2.10. The van der Waals surface area contributed by atoms with E-state index in [0.717, 1.165) is 23.9 Å². The minimum absolute atomic E-state index is 0.110. The van der Waals surface area contributed by atoms with Crippen LogP contribution in [0.1, 0.15) is 5.56 Å². The van der Waals surface area contributed by atoms with Crippen LogP contribution >= 0.6 is 11.8 Å². The van der Waals surface area contributed by atoms with Crippen LogP contribution in [0.2, 0.25) is 0 Å². The maximum Gasteiger partial charge on any atom is 0.140 e. The smallest absolute Gasteiger partial charge is 0.140 e. The van der Waals surface area contributed by atoms with Gasteiger partial charge in [-0.1, -0.05) is 17.8 Å². The largest absolute Gasteiger partial charge is 0.392 e. The van der Waals surface area contributed by atoms with E-state index in [4.69, 9.17) is 5.11 Å². The van der Waals surface area contributed by atoms with Gasteiger partial charge in [-0.3, -0.25) is 0 Å². The number of hydrogen-bond donors (Lipinski definition) is 1. The highest BCUT2D eigenvalue weighted by molar-refractivity contribution is 7.99. The average Bonchev–Trinajstić information content (AvgIpc) is 2.35. The molecule has 0 aliphatic carbocycles. The molecule has 1 aromatic carbocycles. The van der Waals surface area contributed by atoms with Gasteiger partial charge in [-0.15, -0.1) is 0 Å². The van der Waals surface area contributed by atoms with E-state index in [1.54, 1.807) is 24.4 Å². The van der Waals surface area contributed by atoms with Gasteiger partial charge in [-0.2, -0.15) is 0 Å². The number of aliphatic hydroxyl groups is 1. The van der Waals surface area contributed by atoms with Crippen LogP contribution in [-0.4, -0.2) is 10.1 Å². The number of rotatable bonds is 3. The van der Waals surface area contributed by atoms with Crippen molar-refractivity contribution in [1.82, 2.24) is 4.98 Å². The van der Waals surface area contributed by atoms with Crippen LogP contribution in [0.25, 0.3) is 0 Å². The zero-order valence-corrected chi connectivity index (χ0v) is 9.55. The highest BCUT2D eigenvalue weighted by atomic mass is 32.2.